The molecule has 0 amide bonds. The van der Waals surface area contributed by atoms with Crippen molar-refractivity contribution in [1.29, 1.82) is 0 Å². The molecule has 1 aliphatic carbocycles. The van der Waals surface area contributed by atoms with E-state index in [-0.39, 0.29) is 5.41 Å². The van der Waals surface area contributed by atoms with Gasteiger partial charge in [-0.05, 0) is 47.6 Å². The monoisotopic (exact) mass is 355 g/mol. The van der Waals surface area contributed by atoms with Crippen molar-refractivity contribution in [2.24, 2.45) is 5.41 Å². The fourth-order valence-electron chi connectivity index (χ4n) is 3.06. The van der Waals surface area contributed by atoms with Crippen LogP contribution in [0.5, 0.6) is 0 Å². The SMILES string of the molecule is CCOC1CC(n2c(=S)[nH]c3cc(Br)cnc32)C1(C)C. The third-order valence-corrected chi connectivity index (χ3v) is 5.06. The first-order valence-corrected chi connectivity index (χ1v) is 8.02. The number of fused-ring (bicyclic) bond motifs is 1. The number of rotatable bonds is 3. The molecule has 4 nitrogen and oxygen atoms in total. The van der Waals surface area contributed by atoms with Gasteiger partial charge >= 0.3 is 0 Å². The Bertz CT molecular complexity index is 706. The summed E-state index contributed by atoms with van der Waals surface area (Å²) in [6.07, 6.45) is 3.09. The molecule has 2 aromatic rings. The van der Waals surface area contributed by atoms with E-state index in [0.29, 0.717) is 12.1 Å². The minimum Gasteiger partial charge on any atom is -0.378 e. The van der Waals surface area contributed by atoms with Crippen LogP contribution in [0.3, 0.4) is 0 Å². The summed E-state index contributed by atoms with van der Waals surface area (Å²) in [5, 5.41) is 0. The maximum Gasteiger partial charge on any atom is 0.179 e. The van der Waals surface area contributed by atoms with Crippen LogP contribution in [0.1, 0.15) is 33.2 Å². The largest absolute Gasteiger partial charge is 0.378 e. The lowest BCUT2D eigenvalue weighted by molar-refractivity contribution is -0.127. The summed E-state index contributed by atoms with van der Waals surface area (Å²) in [5.41, 5.74) is 1.96. The first-order valence-electron chi connectivity index (χ1n) is 6.82. The molecule has 2 atom stereocenters. The lowest BCUT2D eigenvalue weighted by Crippen LogP contribution is -2.51. The van der Waals surface area contributed by atoms with E-state index in [1.54, 1.807) is 0 Å². The number of hydrogen-bond donors (Lipinski definition) is 1. The molecule has 3 rings (SSSR count). The summed E-state index contributed by atoms with van der Waals surface area (Å²) < 4.78 is 9.64. The number of nitrogens with zero attached hydrogens (tertiary/aromatic N) is 2. The van der Waals surface area contributed by atoms with Gasteiger partial charge in [0.25, 0.3) is 0 Å². The van der Waals surface area contributed by atoms with Gasteiger partial charge in [0.15, 0.2) is 10.4 Å². The molecule has 1 N–H and O–H groups in total. The minimum absolute atomic E-state index is 0.0676. The Morgan fingerprint density at radius 2 is 2.35 bits per heavy atom. The van der Waals surface area contributed by atoms with Crippen molar-refractivity contribution >= 4 is 39.3 Å². The molecular weight excluding hydrogens is 338 g/mol. The first-order chi connectivity index (χ1) is 9.45. The fraction of sp³-hybridized carbons (Fsp3) is 0.571. The van der Waals surface area contributed by atoms with Crippen LogP contribution in [-0.4, -0.2) is 27.2 Å². The summed E-state index contributed by atoms with van der Waals surface area (Å²) in [5.74, 6) is 0. The van der Waals surface area contributed by atoms with Crippen LogP contribution in [0.4, 0.5) is 0 Å². The molecular formula is C14H18BrN3OS. The number of halogens is 1. The maximum absolute atomic E-state index is 5.81. The van der Waals surface area contributed by atoms with Crippen LogP contribution < -0.4 is 0 Å². The van der Waals surface area contributed by atoms with Gasteiger partial charge in [-0.1, -0.05) is 13.8 Å². The number of H-pyrrole nitrogens is 1. The Hall–Kier alpha value is -0.720. The Labute approximate surface area is 131 Å². The molecule has 0 bridgehead atoms. The second-order valence-electron chi connectivity index (χ2n) is 5.84. The van der Waals surface area contributed by atoms with Gasteiger partial charge in [-0.2, -0.15) is 0 Å². The Morgan fingerprint density at radius 3 is 3.00 bits per heavy atom. The third kappa shape index (κ3) is 2.05. The van der Waals surface area contributed by atoms with E-state index in [1.165, 1.54) is 0 Å². The van der Waals surface area contributed by atoms with Gasteiger partial charge in [-0.15, -0.1) is 0 Å². The van der Waals surface area contributed by atoms with E-state index in [0.717, 1.165) is 33.4 Å². The summed E-state index contributed by atoms with van der Waals surface area (Å²) in [4.78, 5) is 7.76. The Balaban J connectivity index is 2.04. The van der Waals surface area contributed by atoms with Crippen molar-refractivity contribution in [3.05, 3.63) is 21.5 Å². The summed E-state index contributed by atoms with van der Waals surface area (Å²) in [6.45, 7) is 7.27. The molecule has 6 heteroatoms. The summed E-state index contributed by atoms with van der Waals surface area (Å²) in [7, 11) is 0. The van der Waals surface area contributed by atoms with Crippen LogP contribution >= 0.6 is 28.1 Å². The topological polar surface area (TPSA) is 42.8 Å². The zero-order chi connectivity index (χ0) is 14.5. The predicted octanol–water partition coefficient (Wildman–Crippen LogP) is 4.23. The normalized spacial score (nSPS) is 24.8. The van der Waals surface area contributed by atoms with E-state index in [1.807, 2.05) is 19.2 Å². The zero-order valence-corrected chi connectivity index (χ0v) is 14.2. The molecule has 1 aliphatic rings. The van der Waals surface area contributed by atoms with E-state index >= 15 is 0 Å². The molecule has 2 unspecified atom stereocenters. The number of aromatic nitrogens is 3. The number of ether oxygens (including phenoxy) is 1. The van der Waals surface area contributed by atoms with Crippen LogP contribution in [0.15, 0.2) is 16.7 Å². The quantitative estimate of drug-likeness (QED) is 0.837. The van der Waals surface area contributed by atoms with Crippen LogP contribution in [0.25, 0.3) is 11.2 Å². The van der Waals surface area contributed by atoms with Gasteiger partial charge in [0.2, 0.25) is 0 Å². The molecule has 0 spiro atoms. The van der Waals surface area contributed by atoms with Crippen molar-refractivity contribution in [2.45, 2.75) is 39.3 Å². The lowest BCUT2D eigenvalue weighted by atomic mass is 9.64. The van der Waals surface area contributed by atoms with Crippen molar-refractivity contribution in [2.75, 3.05) is 6.61 Å². The van der Waals surface area contributed by atoms with Gasteiger partial charge in [0, 0.05) is 28.7 Å². The van der Waals surface area contributed by atoms with Crippen LogP contribution in [0, 0.1) is 10.2 Å². The maximum atomic E-state index is 5.81. The van der Waals surface area contributed by atoms with Gasteiger partial charge in [-0.3, -0.25) is 4.57 Å². The Morgan fingerprint density at radius 1 is 1.60 bits per heavy atom. The molecule has 2 heterocycles. The first kappa shape index (κ1) is 14.2. The zero-order valence-electron chi connectivity index (χ0n) is 11.8. The Kier molecular flexibility index (Phi) is 3.51. The highest BCUT2D eigenvalue weighted by molar-refractivity contribution is 9.10. The smallest absolute Gasteiger partial charge is 0.179 e. The van der Waals surface area contributed by atoms with E-state index in [4.69, 9.17) is 17.0 Å². The lowest BCUT2D eigenvalue weighted by Gasteiger charge is -2.51. The number of aromatic amines is 1. The summed E-state index contributed by atoms with van der Waals surface area (Å²) >= 11 is 8.93. The van der Waals surface area contributed by atoms with E-state index < -0.39 is 0 Å². The summed E-state index contributed by atoms with van der Waals surface area (Å²) in [6, 6.07) is 2.34. The van der Waals surface area contributed by atoms with Crippen LogP contribution in [-0.2, 0) is 4.74 Å². The average molecular weight is 356 g/mol. The van der Waals surface area contributed by atoms with Crippen molar-refractivity contribution in [3.63, 3.8) is 0 Å². The molecule has 1 saturated carbocycles. The highest BCUT2D eigenvalue weighted by Gasteiger charge is 2.50. The third-order valence-electron chi connectivity index (χ3n) is 4.33. The van der Waals surface area contributed by atoms with Gasteiger partial charge < -0.3 is 9.72 Å². The molecule has 1 fully saturated rings. The second kappa shape index (κ2) is 4.93. The van der Waals surface area contributed by atoms with E-state index in [9.17, 15) is 0 Å². The molecule has 20 heavy (non-hydrogen) atoms. The highest BCUT2D eigenvalue weighted by atomic mass is 79.9. The average Bonchev–Trinajstić information content (AvgIpc) is 2.69. The van der Waals surface area contributed by atoms with Gasteiger partial charge in [0.05, 0.1) is 11.6 Å². The second-order valence-corrected chi connectivity index (χ2v) is 7.14. The van der Waals surface area contributed by atoms with Crippen molar-refractivity contribution in [1.82, 2.24) is 14.5 Å². The fourth-order valence-corrected chi connectivity index (χ4v) is 3.72. The molecule has 2 aromatic heterocycles. The van der Waals surface area contributed by atoms with E-state index in [2.05, 4.69) is 44.3 Å². The number of hydrogen-bond acceptors (Lipinski definition) is 3. The molecule has 0 radical (unpaired) electrons. The molecule has 108 valence electrons. The number of pyridine rings is 1. The van der Waals surface area contributed by atoms with Gasteiger partial charge in [0.1, 0.15) is 0 Å². The molecule has 0 aromatic carbocycles. The van der Waals surface area contributed by atoms with Gasteiger partial charge in [-0.25, -0.2) is 4.98 Å². The number of nitrogens with one attached hydrogen (secondary N) is 1. The molecule has 0 saturated heterocycles. The predicted molar refractivity (Wildman–Crippen MR) is 85.5 cm³/mol. The van der Waals surface area contributed by atoms with Crippen molar-refractivity contribution < 1.29 is 4.74 Å². The molecule has 0 aliphatic heterocycles. The number of imidazole rings is 1. The standard InChI is InChI=1S/C14H18BrN3OS/c1-4-19-11-6-10(14(11,2)3)18-12-9(17-13(18)20)5-8(15)7-16-12/h5,7,10-11H,4,6H2,1-3H3,(H,17,20). The van der Waals surface area contributed by atoms with Crippen molar-refractivity contribution in [3.8, 4) is 0 Å². The van der Waals surface area contributed by atoms with Crippen LogP contribution in [0.2, 0.25) is 0 Å². The highest BCUT2D eigenvalue weighted by Crippen LogP contribution is 2.52. The minimum atomic E-state index is 0.0676.